The smallest absolute Gasteiger partial charge is 0.339 e. The van der Waals surface area contributed by atoms with Crippen LogP contribution in [0.5, 0.6) is 0 Å². The number of aromatic carboxylic acids is 1. The molecule has 0 aliphatic heterocycles. The molecule has 0 bridgehead atoms. The molecule has 4 rings (SSSR count). The van der Waals surface area contributed by atoms with Crippen molar-refractivity contribution in [1.82, 2.24) is 9.78 Å². The Morgan fingerprint density at radius 3 is 2.38 bits per heavy atom. The summed E-state index contributed by atoms with van der Waals surface area (Å²) in [5, 5.41) is 16.2. The number of carbonyl (C=O) groups is 1. The van der Waals surface area contributed by atoms with Crippen molar-refractivity contribution in [2.24, 2.45) is 0 Å². The van der Waals surface area contributed by atoms with Gasteiger partial charge in [0.15, 0.2) is 0 Å². The van der Waals surface area contributed by atoms with E-state index in [0.717, 1.165) is 22.0 Å². The number of fused-ring (bicyclic) bond motifs is 1. The van der Waals surface area contributed by atoms with E-state index < -0.39 is 5.97 Å². The molecule has 24 heavy (non-hydrogen) atoms. The first-order chi connectivity index (χ1) is 11.7. The maximum atomic E-state index is 11.7. The third kappa shape index (κ3) is 2.34. The van der Waals surface area contributed by atoms with Crippen molar-refractivity contribution in [3.05, 3.63) is 84.6 Å². The van der Waals surface area contributed by atoms with Crippen LogP contribution in [0.2, 0.25) is 0 Å². The van der Waals surface area contributed by atoms with Gasteiger partial charge in [-0.05, 0) is 22.9 Å². The molecule has 116 valence electrons. The molecule has 0 atom stereocenters. The van der Waals surface area contributed by atoms with Crippen LogP contribution in [0.15, 0.2) is 79.0 Å². The molecule has 1 aromatic heterocycles. The Balaban J connectivity index is 1.97. The molecule has 0 fully saturated rings. The van der Waals surface area contributed by atoms with Crippen LogP contribution in [0.4, 0.5) is 0 Å². The van der Waals surface area contributed by atoms with Gasteiger partial charge in [0.1, 0.15) is 11.3 Å². The first-order valence-electron chi connectivity index (χ1n) is 7.60. The second kappa shape index (κ2) is 5.66. The van der Waals surface area contributed by atoms with Crippen molar-refractivity contribution in [1.29, 1.82) is 0 Å². The monoisotopic (exact) mass is 314 g/mol. The van der Waals surface area contributed by atoms with E-state index in [9.17, 15) is 9.90 Å². The van der Waals surface area contributed by atoms with E-state index >= 15 is 0 Å². The van der Waals surface area contributed by atoms with Gasteiger partial charge < -0.3 is 5.11 Å². The minimum Gasteiger partial charge on any atom is -0.478 e. The summed E-state index contributed by atoms with van der Waals surface area (Å²) >= 11 is 0. The molecule has 0 unspecified atom stereocenters. The summed E-state index contributed by atoms with van der Waals surface area (Å²) in [6.45, 7) is 0. The topological polar surface area (TPSA) is 55.1 Å². The van der Waals surface area contributed by atoms with E-state index in [2.05, 4.69) is 5.10 Å². The lowest BCUT2D eigenvalue weighted by atomic mass is 10.0. The van der Waals surface area contributed by atoms with Crippen molar-refractivity contribution in [3.8, 4) is 16.9 Å². The summed E-state index contributed by atoms with van der Waals surface area (Å²) in [6.07, 6.45) is 1.56. The molecule has 4 heteroatoms. The summed E-state index contributed by atoms with van der Waals surface area (Å²) in [5.41, 5.74) is 2.31. The van der Waals surface area contributed by atoms with Crippen molar-refractivity contribution < 1.29 is 9.90 Å². The lowest BCUT2D eigenvalue weighted by molar-refractivity contribution is 0.0697. The number of aromatic nitrogens is 2. The average molecular weight is 314 g/mol. The number of rotatable bonds is 3. The summed E-state index contributed by atoms with van der Waals surface area (Å²) in [6, 6.07) is 23.2. The van der Waals surface area contributed by atoms with Gasteiger partial charge in [0.25, 0.3) is 0 Å². The number of carboxylic acid groups (broad SMARTS) is 1. The quantitative estimate of drug-likeness (QED) is 0.610. The number of carboxylic acids is 1. The fraction of sp³-hybridized carbons (Fsp3) is 0. The van der Waals surface area contributed by atoms with Crippen LogP contribution in [0, 0.1) is 0 Å². The van der Waals surface area contributed by atoms with Gasteiger partial charge in [-0.25, -0.2) is 9.48 Å². The van der Waals surface area contributed by atoms with Crippen LogP contribution >= 0.6 is 0 Å². The van der Waals surface area contributed by atoms with E-state index in [-0.39, 0.29) is 5.56 Å². The van der Waals surface area contributed by atoms with E-state index in [1.54, 1.807) is 10.9 Å². The summed E-state index contributed by atoms with van der Waals surface area (Å²) in [5.74, 6) is -0.986. The zero-order chi connectivity index (χ0) is 16.5. The number of nitrogens with zero attached hydrogens (tertiary/aromatic N) is 2. The fourth-order valence-electron chi connectivity index (χ4n) is 2.87. The Kier molecular flexibility index (Phi) is 3.35. The molecule has 4 nitrogen and oxygen atoms in total. The fourth-order valence-corrected chi connectivity index (χ4v) is 2.87. The third-order valence-electron chi connectivity index (χ3n) is 4.01. The lowest BCUT2D eigenvalue weighted by Crippen LogP contribution is -1.97. The van der Waals surface area contributed by atoms with Crippen LogP contribution < -0.4 is 0 Å². The second-order valence-corrected chi connectivity index (χ2v) is 5.50. The standard InChI is InChI=1S/C20H14N2O2/c23-20(24)18-13-22(15-9-2-1-3-10-15)21-19(18)17-12-6-8-14-7-4-5-11-16(14)17/h1-13H,(H,23,24). The number of benzene rings is 3. The van der Waals surface area contributed by atoms with Crippen LogP contribution in [0.25, 0.3) is 27.7 Å². The highest BCUT2D eigenvalue weighted by Crippen LogP contribution is 2.30. The minimum atomic E-state index is -0.986. The zero-order valence-corrected chi connectivity index (χ0v) is 12.8. The van der Waals surface area contributed by atoms with Gasteiger partial charge in [-0.1, -0.05) is 60.7 Å². The molecular formula is C20H14N2O2. The van der Waals surface area contributed by atoms with Gasteiger partial charge in [-0.15, -0.1) is 0 Å². The molecule has 0 radical (unpaired) electrons. The Morgan fingerprint density at radius 2 is 1.58 bits per heavy atom. The molecule has 1 heterocycles. The zero-order valence-electron chi connectivity index (χ0n) is 12.8. The highest BCUT2D eigenvalue weighted by Gasteiger charge is 2.19. The Labute approximate surface area is 138 Å². The SMILES string of the molecule is O=C(O)c1cn(-c2ccccc2)nc1-c1cccc2ccccc12. The van der Waals surface area contributed by atoms with Gasteiger partial charge in [-0.2, -0.15) is 5.10 Å². The van der Waals surface area contributed by atoms with Crippen molar-refractivity contribution >= 4 is 16.7 Å². The molecule has 3 aromatic carbocycles. The molecule has 0 spiro atoms. The number of hydrogen-bond acceptors (Lipinski definition) is 2. The number of para-hydroxylation sites is 1. The maximum absolute atomic E-state index is 11.7. The molecule has 0 amide bonds. The molecule has 0 aliphatic rings. The molecule has 1 N–H and O–H groups in total. The molecular weight excluding hydrogens is 300 g/mol. The first-order valence-corrected chi connectivity index (χ1v) is 7.60. The highest BCUT2D eigenvalue weighted by molar-refractivity contribution is 6.02. The van der Waals surface area contributed by atoms with E-state index in [4.69, 9.17) is 0 Å². The Bertz CT molecular complexity index is 1030. The number of hydrogen-bond donors (Lipinski definition) is 1. The highest BCUT2D eigenvalue weighted by atomic mass is 16.4. The largest absolute Gasteiger partial charge is 0.478 e. The van der Waals surface area contributed by atoms with Crippen LogP contribution in [-0.4, -0.2) is 20.9 Å². The summed E-state index contributed by atoms with van der Waals surface area (Å²) in [7, 11) is 0. The normalized spacial score (nSPS) is 10.8. The molecule has 0 saturated carbocycles. The van der Waals surface area contributed by atoms with E-state index in [1.165, 1.54) is 0 Å². The van der Waals surface area contributed by atoms with Gasteiger partial charge in [0.05, 0.1) is 5.69 Å². The van der Waals surface area contributed by atoms with E-state index in [0.29, 0.717) is 5.69 Å². The maximum Gasteiger partial charge on any atom is 0.339 e. The Morgan fingerprint density at radius 1 is 0.875 bits per heavy atom. The van der Waals surface area contributed by atoms with Gasteiger partial charge in [0.2, 0.25) is 0 Å². The second-order valence-electron chi connectivity index (χ2n) is 5.50. The van der Waals surface area contributed by atoms with Crippen LogP contribution in [0.3, 0.4) is 0 Å². The predicted octanol–water partition coefficient (Wildman–Crippen LogP) is 4.39. The van der Waals surface area contributed by atoms with Gasteiger partial charge >= 0.3 is 5.97 Å². The van der Waals surface area contributed by atoms with Crippen molar-refractivity contribution in [2.75, 3.05) is 0 Å². The van der Waals surface area contributed by atoms with Gasteiger partial charge in [-0.3, -0.25) is 0 Å². The van der Waals surface area contributed by atoms with E-state index in [1.807, 2.05) is 72.8 Å². The van der Waals surface area contributed by atoms with Crippen molar-refractivity contribution in [2.45, 2.75) is 0 Å². The first kappa shape index (κ1) is 14.2. The molecule has 0 aliphatic carbocycles. The van der Waals surface area contributed by atoms with Crippen LogP contribution in [0.1, 0.15) is 10.4 Å². The lowest BCUT2D eigenvalue weighted by Gasteiger charge is -2.05. The Hall–Kier alpha value is -3.40. The minimum absolute atomic E-state index is 0.190. The molecule has 0 saturated heterocycles. The predicted molar refractivity (Wildman–Crippen MR) is 93.5 cm³/mol. The average Bonchev–Trinajstić information content (AvgIpc) is 3.07. The molecule has 4 aromatic rings. The summed E-state index contributed by atoms with van der Waals surface area (Å²) < 4.78 is 1.61. The van der Waals surface area contributed by atoms with Gasteiger partial charge in [0, 0.05) is 11.8 Å². The third-order valence-corrected chi connectivity index (χ3v) is 4.01. The summed E-state index contributed by atoms with van der Waals surface area (Å²) in [4.78, 5) is 11.7. The van der Waals surface area contributed by atoms with Crippen molar-refractivity contribution in [3.63, 3.8) is 0 Å². The van der Waals surface area contributed by atoms with Crippen LogP contribution in [-0.2, 0) is 0 Å².